The summed E-state index contributed by atoms with van der Waals surface area (Å²) in [6.45, 7) is 1.95. The molecule has 0 spiro atoms. The van der Waals surface area contributed by atoms with Gasteiger partial charge in [-0.15, -0.1) is 0 Å². The highest BCUT2D eigenvalue weighted by Crippen LogP contribution is 2.30. The number of likely N-dealkylation sites (N-methyl/N-ethyl adjacent to an activating group) is 1. The lowest BCUT2D eigenvalue weighted by molar-refractivity contribution is -0.140. The molecule has 11 heteroatoms. The van der Waals surface area contributed by atoms with Crippen LogP contribution in [0, 0.1) is 0 Å². The molecule has 0 heterocycles. The highest BCUT2D eigenvalue weighted by molar-refractivity contribution is 7.92. The quantitative estimate of drug-likeness (QED) is 0.456. The Morgan fingerprint density at radius 1 is 1.09 bits per heavy atom. The molecule has 2 rings (SSSR count). The zero-order valence-electron chi connectivity index (χ0n) is 20.6. The number of amides is 2. The van der Waals surface area contributed by atoms with Crippen LogP contribution in [-0.2, 0) is 26.2 Å². The zero-order chi connectivity index (χ0) is 26.2. The molecule has 192 valence electrons. The van der Waals surface area contributed by atoms with Gasteiger partial charge in [0.15, 0.2) is 0 Å². The van der Waals surface area contributed by atoms with E-state index < -0.39 is 16.1 Å². The van der Waals surface area contributed by atoms with Crippen molar-refractivity contribution in [3.63, 3.8) is 0 Å². The topological polar surface area (TPSA) is 105 Å². The molecule has 0 saturated carbocycles. The minimum Gasteiger partial charge on any atom is -0.497 e. The summed E-state index contributed by atoms with van der Waals surface area (Å²) in [5.41, 5.74) is 1.21. The van der Waals surface area contributed by atoms with Crippen LogP contribution in [0.25, 0.3) is 0 Å². The second-order valence-corrected chi connectivity index (χ2v) is 10.2. The number of ether oxygens (including phenoxy) is 2. The smallest absolute Gasteiger partial charge is 0.242 e. The summed E-state index contributed by atoms with van der Waals surface area (Å²) in [7, 11) is 0.923. The number of carbonyl (C=O) groups excluding carboxylic acids is 2. The van der Waals surface area contributed by atoms with Gasteiger partial charge in [0.25, 0.3) is 0 Å². The summed E-state index contributed by atoms with van der Waals surface area (Å²) in [5, 5.41) is 2.85. The van der Waals surface area contributed by atoms with Gasteiger partial charge in [0.2, 0.25) is 21.8 Å². The van der Waals surface area contributed by atoms with Gasteiger partial charge in [0, 0.05) is 26.6 Å². The third-order valence-electron chi connectivity index (χ3n) is 5.50. The van der Waals surface area contributed by atoms with Crippen LogP contribution >= 0.6 is 11.6 Å². The van der Waals surface area contributed by atoms with Crippen LogP contribution < -0.4 is 19.1 Å². The van der Waals surface area contributed by atoms with Gasteiger partial charge in [-0.2, -0.15) is 0 Å². The van der Waals surface area contributed by atoms with Crippen LogP contribution in [0.2, 0.25) is 5.02 Å². The number of carbonyl (C=O) groups is 2. The van der Waals surface area contributed by atoms with Gasteiger partial charge in [0.1, 0.15) is 17.5 Å². The lowest BCUT2D eigenvalue weighted by Gasteiger charge is -2.29. The third-order valence-corrected chi connectivity index (χ3v) is 6.99. The normalized spacial score (nSPS) is 11.9. The summed E-state index contributed by atoms with van der Waals surface area (Å²) in [6, 6.07) is 11.2. The molecule has 35 heavy (non-hydrogen) atoms. The number of halogens is 1. The molecule has 1 atom stereocenters. The molecule has 0 bridgehead atoms. The Kier molecular flexibility index (Phi) is 10.2. The van der Waals surface area contributed by atoms with Gasteiger partial charge in [-0.1, -0.05) is 23.7 Å². The van der Waals surface area contributed by atoms with Crippen molar-refractivity contribution in [2.75, 3.05) is 38.4 Å². The summed E-state index contributed by atoms with van der Waals surface area (Å²) in [5.74, 6) is 0.553. The lowest BCUT2D eigenvalue weighted by atomic mass is 10.1. The van der Waals surface area contributed by atoms with Crippen molar-refractivity contribution in [2.24, 2.45) is 0 Å². The minimum absolute atomic E-state index is 0.0490. The number of hydrogen-bond donors (Lipinski definition) is 1. The molecule has 0 aromatic heterocycles. The molecular formula is C24H32ClN3O6S. The Hall–Kier alpha value is -2.98. The molecule has 0 radical (unpaired) electrons. The van der Waals surface area contributed by atoms with E-state index in [0.717, 1.165) is 11.8 Å². The Morgan fingerprint density at radius 2 is 1.74 bits per heavy atom. The maximum atomic E-state index is 13.2. The van der Waals surface area contributed by atoms with Crippen LogP contribution in [0.5, 0.6) is 11.5 Å². The van der Waals surface area contributed by atoms with Gasteiger partial charge in [-0.25, -0.2) is 8.42 Å². The molecule has 2 amide bonds. The van der Waals surface area contributed by atoms with Gasteiger partial charge in [-0.05, 0) is 49.2 Å². The van der Waals surface area contributed by atoms with Crippen molar-refractivity contribution in [2.45, 2.75) is 32.4 Å². The Morgan fingerprint density at radius 3 is 2.26 bits per heavy atom. The number of sulfonamides is 1. The van der Waals surface area contributed by atoms with E-state index in [2.05, 4.69) is 5.32 Å². The molecule has 2 aromatic rings. The minimum atomic E-state index is -3.63. The molecule has 2 aromatic carbocycles. The first-order valence-corrected chi connectivity index (χ1v) is 13.2. The second-order valence-electron chi connectivity index (χ2n) is 7.92. The van der Waals surface area contributed by atoms with Crippen molar-refractivity contribution >= 4 is 39.1 Å². The summed E-state index contributed by atoms with van der Waals surface area (Å²) in [4.78, 5) is 26.9. The average Bonchev–Trinajstić information content (AvgIpc) is 2.83. The number of methoxy groups -OCH3 is 2. The fraction of sp³-hybridized carbons (Fsp3) is 0.417. The molecule has 9 nitrogen and oxygen atoms in total. The van der Waals surface area contributed by atoms with E-state index in [1.165, 1.54) is 29.4 Å². The van der Waals surface area contributed by atoms with Gasteiger partial charge in [-0.3, -0.25) is 13.9 Å². The first-order valence-electron chi connectivity index (χ1n) is 11.0. The van der Waals surface area contributed by atoms with Crippen molar-refractivity contribution < 1.29 is 27.5 Å². The van der Waals surface area contributed by atoms with E-state index in [1.54, 1.807) is 38.3 Å². The molecule has 0 aliphatic carbocycles. The predicted molar refractivity (Wildman–Crippen MR) is 137 cm³/mol. The number of hydrogen-bond acceptors (Lipinski definition) is 6. The summed E-state index contributed by atoms with van der Waals surface area (Å²) >= 11 is 6.17. The Bertz CT molecular complexity index is 1120. The van der Waals surface area contributed by atoms with E-state index in [9.17, 15) is 18.0 Å². The van der Waals surface area contributed by atoms with Gasteiger partial charge >= 0.3 is 0 Å². The number of anilines is 1. The Balaban J connectivity index is 2.16. The standard InChI is InChI=1S/C24H32ClN3O6S/c1-17(24(30)26-2)27(16-18-8-11-20(33-3)12-9-18)23(29)7-6-14-28(35(5,31)32)19-10-13-22(34-4)21(25)15-19/h8-13,15,17H,6-7,14,16H2,1-5H3,(H,26,30)/t17-/m0/s1. The zero-order valence-corrected chi connectivity index (χ0v) is 22.1. The van der Waals surface area contributed by atoms with Crippen LogP contribution in [0.4, 0.5) is 5.69 Å². The van der Waals surface area contributed by atoms with E-state index in [0.29, 0.717) is 17.2 Å². The lowest BCUT2D eigenvalue weighted by Crippen LogP contribution is -2.46. The van der Waals surface area contributed by atoms with Crippen LogP contribution in [0.3, 0.4) is 0 Å². The van der Waals surface area contributed by atoms with Crippen LogP contribution in [0.1, 0.15) is 25.3 Å². The van der Waals surface area contributed by atoms with E-state index in [-0.39, 0.29) is 42.8 Å². The third kappa shape index (κ3) is 7.76. The number of rotatable bonds is 12. The van der Waals surface area contributed by atoms with Crippen LogP contribution in [0.15, 0.2) is 42.5 Å². The average molecular weight is 526 g/mol. The maximum absolute atomic E-state index is 13.2. The molecule has 0 saturated heterocycles. The Labute approximate surface area is 212 Å². The molecule has 0 aliphatic rings. The van der Waals surface area contributed by atoms with Crippen molar-refractivity contribution in [1.82, 2.24) is 10.2 Å². The number of benzene rings is 2. The van der Waals surface area contributed by atoms with Gasteiger partial charge in [0.05, 0.1) is 31.2 Å². The van der Waals surface area contributed by atoms with Crippen molar-refractivity contribution in [3.8, 4) is 11.5 Å². The fourth-order valence-electron chi connectivity index (χ4n) is 3.53. The molecule has 0 fully saturated rings. The first-order chi connectivity index (χ1) is 16.5. The first kappa shape index (κ1) is 28.3. The molecule has 0 aliphatic heterocycles. The van der Waals surface area contributed by atoms with Crippen LogP contribution in [-0.4, -0.2) is 65.2 Å². The monoisotopic (exact) mass is 525 g/mol. The van der Waals surface area contributed by atoms with E-state index in [1.807, 2.05) is 12.1 Å². The van der Waals surface area contributed by atoms with Crippen molar-refractivity contribution in [3.05, 3.63) is 53.1 Å². The molecule has 1 N–H and O–H groups in total. The predicted octanol–water partition coefficient (Wildman–Crippen LogP) is 3.07. The molecule has 0 unspecified atom stereocenters. The summed E-state index contributed by atoms with van der Waals surface area (Å²) in [6.07, 6.45) is 1.39. The fourth-order valence-corrected chi connectivity index (χ4v) is 4.74. The highest BCUT2D eigenvalue weighted by Gasteiger charge is 2.26. The maximum Gasteiger partial charge on any atom is 0.242 e. The number of nitrogens with one attached hydrogen (secondary N) is 1. The van der Waals surface area contributed by atoms with E-state index in [4.69, 9.17) is 21.1 Å². The highest BCUT2D eigenvalue weighted by atomic mass is 35.5. The van der Waals surface area contributed by atoms with Gasteiger partial charge < -0.3 is 19.7 Å². The second kappa shape index (κ2) is 12.6. The molecular weight excluding hydrogens is 494 g/mol. The summed E-state index contributed by atoms with van der Waals surface area (Å²) < 4.78 is 36.4. The largest absolute Gasteiger partial charge is 0.497 e. The SMILES string of the molecule is CNC(=O)[C@H](C)N(Cc1ccc(OC)cc1)C(=O)CCCN(c1ccc(OC)c(Cl)c1)S(C)(=O)=O. The number of nitrogens with zero attached hydrogens (tertiary/aromatic N) is 2. The van der Waals surface area contributed by atoms with Crippen molar-refractivity contribution in [1.29, 1.82) is 0 Å². The van der Waals surface area contributed by atoms with E-state index >= 15 is 0 Å².